The fourth-order valence-electron chi connectivity index (χ4n) is 3.07. The topological polar surface area (TPSA) is 38.5 Å². The molecule has 20 heavy (non-hydrogen) atoms. The first-order valence-electron chi connectivity index (χ1n) is 7.12. The Morgan fingerprint density at radius 2 is 1.95 bits per heavy atom. The van der Waals surface area contributed by atoms with E-state index in [1.807, 2.05) is 23.9 Å². The van der Waals surface area contributed by atoms with Crippen LogP contribution in [0.3, 0.4) is 0 Å². The van der Waals surface area contributed by atoms with E-state index in [0.29, 0.717) is 6.54 Å². The lowest BCUT2D eigenvalue weighted by molar-refractivity contribution is 0.175. The predicted molar refractivity (Wildman–Crippen MR) is 88.9 cm³/mol. The summed E-state index contributed by atoms with van der Waals surface area (Å²) in [5, 5.41) is 0. The van der Waals surface area contributed by atoms with Crippen LogP contribution in [-0.4, -0.2) is 37.7 Å². The maximum Gasteiger partial charge on any atom is 0.119 e. The first-order chi connectivity index (χ1) is 9.47. The molecule has 2 rings (SSSR count). The van der Waals surface area contributed by atoms with Gasteiger partial charge in [-0.1, -0.05) is 13.8 Å². The van der Waals surface area contributed by atoms with Gasteiger partial charge >= 0.3 is 0 Å². The molecule has 0 amide bonds. The van der Waals surface area contributed by atoms with E-state index < -0.39 is 0 Å². The van der Waals surface area contributed by atoms with Gasteiger partial charge in [0.25, 0.3) is 0 Å². The van der Waals surface area contributed by atoms with Crippen molar-refractivity contribution < 1.29 is 4.74 Å². The number of methoxy groups -OCH3 is 1. The quantitative estimate of drug-likeness (QED) is 0.926. The minimum Gasteiger partial charge on any atom is -0.497 e. The maximum atomic E-state index is 6.23. The van der Waals surface area contributed by atoms with Gasteiger partial charge in [-0.15, -0.1) is 0 Å². The highest BCUT2D eigenvalue weighted by Crippen LogP contribution is 2.46. The molecule has 0 spiro atoms. The van der Waals surface area contributed by atoms with Crippen molar-refractivity contribution >= 4 is 17.4 Å². The SMILES string of the molecule is COc1ccc(N(C)C2(CN)CSCCC2(C)C)cc1. The summed E-state index contributed by atoms with van der Waals surface area (Å²) < 4.78 is 5.24. The number of rotatable bonds is 4. The second-order valence-electron chi connectivity index (χ2n) is 6.18. The van der Waals surface area contributed by atoms with Gasteiger partial charge < -0.3 is 15.4 Å². The van der Waals surface area contributed by atoms with E-state index >= 15 is 0 Å². The molecule has 1 unspecified atom stereocenters. The number of hydrogen-bond donors (Lipinski definition) is 1. The van der Waals surface area contributed by atoms with Crippen LogP contribution in [0, 0.1) is 5.41 Å². The van der Waals surface area contributed by atoms with Crippen LogP contribution >= 0.6 is 11.8 Å². The highest BCUT2D eigenvalue weighted by molar-refractivity contribution is 7.99. The van der Waals surface area contributed by atoms with Gasteiger partial charge in [-0.2, -0.15) is 11.8 Å². The van der Waals surface area contributed by atoms with Crippen LogP contribution in [0.1, 0.15) is 20.3 Å². The third kappa shape index (κ3) is 2.51. The molecular formula is C16H26N2OS. The molecule has 0 bridgehead atoms. The number of hydrogen-bond acceptors (Lipinski definition) is 4. The molecule has 1 aliphatic heterocycles. The van der Waals surface area contributed by atoms with E-state index in [1.54, 1.807) is 7.11 Å². The number of ether oxygens (including phenoxy) is 1. The lowest BCUT2D eigenvalue weighted by Crippen LogP contribution is -2.65. The van der Waals surface area contributed by atoms with Gasteiger partial charge in [0.05, 0.1) is 12.6 Å². The standard InChI is InChI=1S/C16H26N2OS/c1-15(2)9-10-20-12-16(15,11-17)18(3)13-5-7-14(19-4)8-6-13/h5-8H,9-12,17H2,1-4H3. The molecule has 1 heterocycles. The Hall–Kier alpha value is -0.870. The van der Waals surface area contributed by atoms with Gasteiger partial charge in [-0.25, -0.2) is 0 Å². The summed E-state index contributed by atoms with van der Waals surface area (Å²) in [5.74, 6) is 3.20. The summed E-state index contributed by atoms with van der Waals surface area (Å²) in [6, 6.07) is 8.26. The van der Waals surface area contributed by atoms with E-state index in [9.17, 15) is 0 Å². The number of nitrogens with zero attached hydrogens (tertiary/aromatic N) is 1. The first-order valence-corrected chi connectivity index (χ1v) is 8.28. The average Bonchev–Trinajstić information content (AvgIpc) is 2.46. The van der Waals surface area contributed by atoms with Crippen LogP contribution < -0.4 is 15.4 Å². The molecule has 1 aromatic carbocycles. The fourth-order valence-corrected chi connectivity index (χ4v) is 4.91. The molecule has 1 atom stereocenters. The van der Waals surface area contributed by atoms with Gasteiger partial charge in [-0.3, -0.25) is 0 Å². The monoisotopic (exact) mass is 294 g/mol. The number of nitrogens with two attached hydrogens (primary N) is 1. The maximum absolute atomic E-state index is 6.23. The molecule has 1 aromatic rings. The summed E-state index contributed by atoms with van der Waals surface area (Å²) in [4.78, 5) is 2.37. The third-order valence-corrected chi connectivity index (χ3v) is 6.09. The van der Waals surface area contributed by atoms with Crippen LogP contribution in [0.5, 0.6) is 5.75 Å². The van der Waals surface area contributed by atoms with E-state index in [-0.39, 0.29) is 11.0 Å². The van der Waals surface area contributed by atoms with Crippen LogP contribution in [0.15, 0.2) is 24.3 Å². The lowest BCUT2D eigenvalue weighted by Gasteiger charge is -2.55. The first kappa shape index (κ1) is 15.5. The smallest absolute Gasteiger partial charge is 0.119 e. The van der Waals surface area contributed by atoms with Gasteiger partial charge in [-0.05, 0) is 41.9 Å². The summed E-state index contributed by atoms with van der Waals surface area (Å²) in [6.07, 6.45) is 1.20. The van der Waals surface area contributed by atoms with Crippen molar-refractivity contribution in [3.8, 4) is 5.75 Å². The summed E-state index contributed by atoms with van der Waals surface area (Å²) >= 11 is 2.01. The number of thioether (sulfide) groups is 1. The molecule has 2 N–H and O–H groups in total. The fraction of sp³-hybridized carbons (Fsp3) is 0.625. The van der Waals surface area contributed by atoms with Crippen LogP contribution in [0.25, 0.3) is 0 Å². The summed E-state index contributed by atoms with van der Waals surface area (Å²) in [6.45, 7) is 5.37. The van der Waals surface area contributed by atoms with Crippen molar-refractivity contribution in [3.63, 3.8) is 0 Å². The molecular weight excluding hydrogens is 268 g/mol. The molecule has 112 valence electrons. The molecule has 1 fully saturated rings. The minimum atomic E-state index is 0.00447. The number of anilines is 1. The van der Waals surface area contributed by atoms with Gasteiger partial charge in [0.2, 0.25) is 0 Å². The van der Waals surface area contributed by atoms with Gasteiger partial charge in [0, 0.05) is 25.0 Å². The molecule has 4 heteroatoms. The lowest BCUT2D eigenvalue weighted by atomic mass is 9.69. The zero-order chi connectivity index (χ0) is 14.8. The molecule has 0 saturated carbocycles. The van der Waals surface area contributed by atoms with E-state index in [2.05, 4.69) is 37.9 Å². The molecule has 0 aliphatic carbocycles. The highest BCUT2D eigenvalue weighted by Gasteiger charge is 2.49. The van der Waals surface area contributed by atoms with Crippen LogP contribution in [0.4, 0.5) is 5.69 Å². The minimum absolute atomic E-state index is 0.00447. The average molecular weight is 294 g/mol. The highest BCUT2D eigenvalue weighted by atomic mass is 32.2. The summed E-state index contributed by atoms with van der Waals surface area (Å²) in [5.41, 5.74) is 7.64. The Morgan fingerprint density at radius 3 is 2.45 bits per heavy atom. The van der Waals surface area contributed by atoms with Crippen molar-refractivity contribution in [2.45, 2.75) is 25.8 Å². The van der Waals surface area contributed by atoms with Crippen molar-refractivity contribution in [2.75, 3.05) is 37.1 Å². The zero-order valence-corrected chi connectivity index (χ0v) is 13.8. The Kier molecular flexibility index (Phi) is 4.55. The normalized spacial score (nSPS) is 25.2. The molecule has 3 nitrogen and oxygen atoms in total. The van der Waals surface area contributed by atoms with Crippen molar-refractivity contribution in [1.29, 1.82) is 0 Å². The second-order valence-corrected chi connectivity index (χ2v) is 7.28. The van der Waals surface area contributed by atoms with E-state index in [4.69, 9.17) is 10.5 Å². The van der Waals surface area contributed by atoms with Crippen LogP contribution in [0.2, 0.25) is 0 Å². The second kappa shape index (κ2) is 5.86. The summed E-state index contributed by atoms with van der Waals surface area (Å²) in [7, 11) is 3.86. The van der Waals surface area contributed by atoms with Gasteiger partial charge in [0.15, 0.2) is 0 Å². The van der Waals surface area contributed by atoms with Gasteiger partial charge in [0.1, 0.15) is 5.75 Å². The van der Waals surface area contributed by atoms with Crippen molar-refractivity contribution in [3.05, 3.63) is 24.3 Å². The van der Waals surface area contributed by atoms with E-state index in [1.165, 1.54) is 17.9 Å². The predicted octanol–water partition coefficient (Wildman–Crippen LogP) is 2.99. The number of likely N-dealkylation sites (N-methyl/N-ethyl adjacent to an activating group) is 1. The Labute approximate surface area is 126 Å². The molecule has 1 saturated heterocycles. The number of benzene rings is 1. The van der Waals surface area contributed by atoms with Crippen molar-refractivity contribution in [2.24, 2.45) is 11.1 Å². The molecule has 1 aliphatic rings. The molecule has 0 radical (unpaired) electrons. The Morgan fingerprint density at radius 1 is 1.30 bits per heavy atom. The third-order valence-electron chi connectivity index (χ3n) is 4.91. The largest absolute Gasteiger partial charge is 0.497 e. The van der Waals surface area contributed by atoms with Crippen molar-refractivity contribution in [1.82, 2.24) is 0 Å². The Balaban J connectivity index is 2.34. The van der Waals surface area contributed by atoms with Crippen LogP contribution in [-0.2, 0) is 0 Å². The Bertz CT molecular complexity index is 446. The zero-order valence-electron chi connectivity index (χ0n) is 13.0. The van der Waals surface area contributed by atoms with E-state index in [0.717, 1.165) is 11.5 Å². The molecule has 0 aromatic heterocycles.